The fraction of sp³-hybridized carbons (Fsp3) is 0.364. The number of rotatable bonds is 3. The molecule has 0 bridgehead atoms. The molecule has 3 nitrogen and oxygen atoms in total. The molecule has 0 aliphatic carbocycles. The lowest BCUT2D eigenvalue weighted by atomic mass is 10.2. The third-order valence-electron chi connectivity index (χ3n) is 2.18. The largest absolute Gasteiger partial charge is 0.334 e. The molecule has 0 saturated carbocycles. The molecule has 82 valence electrons. The smallest absolute Gasteiger partial charge is 0.317 e. The second-order valence-corrected chi connectivity index (χ2v) is 3.30. The molecule has 0 spiro atoms. The Kier molecular flexibility index (Phi) is 4.09. The summed E-state index contributed by atoms with van der Waals surface area (Å²) in [5.74, 6) is -0.268. The van der Waals surface area contributed by atoms with Gasteiger partial charge in [0.05, 0.1) is 0 Å². The van der Waals surface area contributed by atoms with Gasteiger partial charge in [-0.15, -0.1) is 0 Å². The fourth-order valence-electron chi connectivity index (χ4n) is 1.06. The van der Waals surface area contributed by atoms with Crippen molar-refractivity contribution >= 4 is 6.03 Å². The fourth-order valence-corrected chi connectivity index (χ4v) is 1.06. The number of carbonyl (C=O) groups is 1. The molecule has 0 atom stereocenters. The Balaban J connectivity index is 2.43. The van der Waals surface area contributed by atoms with Crippen molar-refractivity contribution in [3.8, 4) is 0 Å². The second-order valence-electron chi connectivity index (χ2n) is 3.30. The Morgan fingerprint density at radius 3 is 2.53 bits per heavy atom. The molecule has 0 heterocycles. The van der Waals surface area contributed by atoms with Crippen molar-refractivity contribution in [2.45, 2.75) is 13.5 Å². The van der Waals surface area contributed by atoms with E-state index in [0.717, 1.165) is 5.56 Å². The summed E-state index contributed by atoms with van der Waals surface area (Å²) in [6.45, 7) is 2.98. The number of carbonyl (C=O) groups excluding carboxylic acids is 1. The van der Waals surface area contributed by atoms with Crippen LogP contribution < -0.4 is 5.32 Å². The molecule has 15 heavy (non-hydrogen) atoms. The minimum Gasteiger partial charge on any atom is -0.334 e. The van der Waals surface area contributed by atoms with Gasteiger partial charge in [-0.2, -0.15) is 0 Å². The number of amides is 2. The molecule has 0 unspecified atom stereocenters. The van der Waals surface area contributed by atoms with Crippen molar-refractivity contribution in [2.24, 2.45) is 0 Å². The van der Waals surface area contributed by atoms with Gasteiger partial charge in [0.2, 0.25) is 0 Å². The van der Waals surface area contributed by atoms with Gasteiger partial charge in [0.1, 0.15) is 5.82 Å². The molecule has 2 amide bonds. The van der Waals surface area contributed by atoms with Crippen LogP contribution in [0.4, 0.5) is 9.18 Å². The molecule has 0 saturated heterocycles. The standard InChI is InChI=1S/C11H15FN2O/c1-3-14(2)11(15)13-8-9-4-6-10(12)7-5-9/h4-7H,3,8H2,1-2H3,(H,13,15). The van der Waals surface area contributed by atoms with Crippen molar-refractivity contribution in [3.05, 3.63) is 35.6 Å². The van der Waals surface area contributed by atoms with Crippen molar-refractivity contribution in [1.82, 2.24) is 10.2 Å². The van der Waals surface area contributed by atoms with Gasteiger partial charge in [0.15, 0.2) is 0 Å². The molecule has 0 aliphatic rings. The van der Waals surface area contributed by atoms with E-state index in [1.54, 1.807) is 24.1 Å². The zero-order valence-corrected chi connectivity index (χ0v) is 8.96. The Hall–Kier alpha value is -1.58. The molecule has 1 rings (SSSR count). The van der Waals surface area contributed by atoms with Crippen LogP contribution in [0.5, 0.6) is 0 Å². The van der Waals surface area contributed by atoms with E-state index >= 15 is 0 Å². The van der Waals surface area contributed by atoms with Gasteiger partial charge in [-0.05, 0) is 24.6 Å². The van der Waals surface area contributed by atoms with Crippen molar-refractivity contribution < 1.29 is 9.18 Å². The van der Waals surface area contributed by atoms with E-state index in [4.69, 9.17) is 0 Å². The van der Waals surface area contributed by atoms with Gasteiger partial charge >= 0.3 is 6.03 Å². The van der Waals surface area contributed by atoms with Crippen LogP contribution >= 0.6 is 0 Å². The molecule has 0 fully saturated rings. The minimum atomic E-state index is -0.268. The summed E-state index contributed by atoms with van der Waals surface area (Å²) in [5, 5.41) is 2.73. The normalized spacial score (nSPS) is 9.80. The van der Waals surface area contributed by atoms with E-state index in [9.17, 15) is 9.18 Å². The zero-order chi connectivity index (χ0) is 11.3. The highest BCUT2D eigenvalue weighted by molar-refractivity contribution is 5.73. The maximum absolute atomic E-state index is 12.6. The number of nitrogens with zero attached hydrogens (tertiary/aromatic N) is 1. The van der Waals surface area contributed by atoms with Crippen LogP contribution in [0.3, 0.4) is 0 Å². The lowest BCUT2D eigenvalue weighted by molar-refractivity contribution is 0.210. The van der Waals surface area contributed by atoms with Crippen molar-refractivity contribution in [1.29, 1.82) is 0 Å². The molecule has 0 aromatic heterocycles. The van der Waals surface area contributed by atoms with E-state index in [0.29, 0.717) is 13.1 Å². The average Bonchev–Trinajstić information content (AvgIpc) is 2.26. The number of halogens is 1. The van der Waals surface area contributed by atoms with Crippen LogP contribution in [0.1, 0.15) is 12.5 Å². The van der Waals surface area contributed by atoms with Gasteiger partial charge in [-0.1, -0.05) is 12.1 Å². The van der Waals surface area contributed by atoms with Crippen LogP contribution in [0.2, 0.25) is 0 Å². The highest BCUT2D eigenvalue weighted by atomic mass is 19.1. The monoisotopic (exact) mass is 210 g/mol. The molecule has 4 heteroatoms. The topological polar surface area (TPSA) is 32.3 Å². The van der Waals surface area contributed by atoms with Crippen LogP contribution in [0, 0.1) is 5.82 Å². The van der Waals surface area contributed by atoms with Crippen molar-refractivity contribution in [3.63, 3.8) is 0 Å². The van der Waals surface area contributed by atoms with Gasteiger partial charge < -0.3 is 10.2 Å². The summed E-state index contributed by atoms with van der Waals surface area (Å²) in [5.41, 5.74) is 0.884. The molecule has 0 aliphatic heterocycles. The number of nitrogens with one attached hydrogen (secondary N) is 1. The van der Waals surface area contributed by atoms with E-state index < -0.39 is 0 Å². The third-order valence-corrected chi connectivity index (χ3v) is 2.18. The van der Waals surface area contributed by atoms with E-state index in [2.05, 4.69) is 5.32 Å². The van der Waals surface area contributed by atoms with Crippen molar-refractivity contribution in [2.75, 3.05) is 13.6 Å². The van der Waals surface area contributed by atoms with Gasteiger partial charge in [-0.3, -0.25) is 0 Å². The average molecular weight is 210 g/mol. The summed E-state index contributed by atoms with van der Waals surface area (Å²) in [7, 11) is 1.72. The van der Waals surface area contributed by atoms with E-state index in [-0.39, 0.29) is 11.8 Å². The quantitative estimate of drug-likeness (QED) is 0.813. The molecular weight excluding hydrogens is 195 g/mol. The Morgan fingerprint density at radius 1 is 1.40 bits per heavy atom. The maximum Gasteiger partial charge on any atom is 0.317 e. The second kappa shape index (κ2) is 5.34. The predicted molar refractivity (Wildman–Crippen MR) is 56.9 cm³/mol. The molecule has 1 N–H and O–H groups in total. The lowest BCUT2D eigenvalue weighted by Gasteiger charge is -2.15. The first-order chi connectivity index (χ1) is 7.13. The number of urea groups is 1. The van der Waals surface area contributed by atoms with Gasteiger partial charge in [0.25, 0.3) is 0 Å². The first kappa shape index (κ1) is 11.5. The molecule has 1 aromatic rings. The number of benzene rings is 1. The lowest BCUT2D eigenvalue weighted by Crippen LogP contribution is -2.36. The first-order valence-electron chi connectivity index (χ1n) is 4.87. The zero-order valence-electron chi connectivity index (χ0n) is 8.96. The maximum atomic E-state index is 12.6. The molecular formula is C11H15FN2O. The highest BCUT2D eigenvalue weighted by Gasteiger charge is 2.04. The summed E-state index contributed by atoms with van der Waals surface area (Å²) in [4.78, 5) is 12.9. The summed E-state index contributed by atoms with van der Waals surface area (Å²) in [6, 6.07) is 5.95. The number of hydrogen-bond donors (Lipinski definition) is 1. The predicted octanol–water partition coefficient (Wildman–Crippen LogP) is 1.99. The third kappa shape index (κ3) is 3.58. The summed E-state index contributed by atoms with van der Waals surface area (Å²) < 4.78 is 12.6. The van der Waals surface area contributed by atoms with Crippen LogP contribution in [0.25, 0.3) is 0 Å². The molecule has 1 aromatic carbocycles. The van der Waals surface area contributed by atoms with E-state index in [1.807, 2.05) is 6.92 Å². The first-order valence-corrected chi connectivity index (χ1v) is 4.87. The van der Waals surface area contributed by atoms with Crippen LogP contribution in [0.15, 0.2) is 24.3 Å². The SMILES string of the molecule is CCN(C)C(=O)NCc1ccc(F)cc1. The molecule has 0 radical (unpaired) electrons. The number of hydrogen-bond acceptors (Lipinski definition) is 1. The Labute approximate surface area is 88.9 Å². The minimum absolute atomic E-state index is 0.123. The van der Waals surface area contributed by atoms with Crippen LogP contribution in [-0.2, 0) is 6.54 Å². The Morgan fingerprint density at radius 2 is 2.00 bits per heavy atom. The van der Waals surface area contributed by atoms with Gasteiger partial charge in [0, 0.05) is 20.1 Å². The highest BCUT2D eigenvalue weighted by Crippen LogP contribution is 2.02. The van der Waals surface area contributed by atoms with E-state index in [1.165, 1.54) is 12.1 Å². The van der Waals surface area contributed by atoms with Gasteiger partial charge in [-0.25, -0.2) is 9.18 Å². The Bertz CT molecular complexity index is 324. The summed E-state index contributed by atoms with van der Waals surface area (Å²) >= 11 is 0. The summed E-state index contributed by atoms with van der Waals surface area (Å²) in [6.07, 6.45) is 0. The van der Waals surface area contributed by atoms with Crippen LogP contribution in [-0.4, -0.2) is 24.5 Å².